The average Bonchev–Trinajstić information content (AvgIpc) is 3.07. The molecule has 0 unspecified atom stereocenters. The van der Waals surface area contributed by atoms with Gasteiger partial charge in [-0.1, -0.05) is 172 Å². The molecule has 0 radical (unpaired) electrons. The molecular weight excluding hydrogens is 584 g/mol. The van der Waals surface area contributed by atoms with E-state index in [-0.39, 0.29) is 25.2 Å². The minimum Gasteiger partial charge on any atom is -0.462 e. The van der Waals surface area contributed by atoms with Crippen molar-refractivity contribution in [1.29, 1.82) is 0 Å². The molecule has 0 aromatic rings. The van der Waals surface area contributed by atoms with E-state index in [9.17, 15) is 14.7 Å². The van der Waals surface area contributed by atoms with Crippen molar-refractivity contribution >= 4 is 11.9 Å². The number of carbonyl (C=O) groups is 2. The van der Waals surface area contributed by atoms with Crippen LogP contribution in [-0.4, -0.2) is 36.4 Å². The van der Waals surface area contributed by atoms with E-state index in [1.54, 1.807) is 0 Å². The van der Waals surface area contributed by atoms with Crippen molar-refractivity contribution in [3.63, 3.8) is 0 Å². The maximum Gasteiger partial charge on any atom is 0.306 e. The van der Waals surface area contributed by atoms with Gasteiger partial charge in [0.15, 0.2) is 6.10 Å². The number of ether oxygens (including phenoxy) is 2. The number of aliphatic hydroxyl groups is 1. The molecule has 272 valence electrons. The van der Waals surface area contributed by atoms with Gasteiger partial charge in [0.2, 0.25) is 0 Å². The summed E-state index contributed by atoms with van der Waals surface area (Å²) in [4.78, 5) is 24.2. The van der Waals surface area contributed by atoms with Crippen LogP contribution in [0.1, 0.15) is 187 Å². The highest BCUT2D eigenvalue weighted by Crippen LogP contribution is 2.13. The number of esters is 2. The molecule has 0 heterocycles. The second-order valence-corrected chi connectivity index (χ2v) is 13.0. The number of allylic oxidation sites excluding steroid dienone is 8. The van der Waals surface area contributed by atoms with Gasteiger partial charge in [-0.05, 0) is 51.4 Å². The van der Waals surface area contributed by atoms with Crippen LogP contribution in [0.3, 0.4) is 0 Å². The van der Waals surface area contributed by atoms with Gasteiger partial charge in [0.05, 0.1) is 6.61 Å². The molecule has 0 saturated carbocycles. The fraction of sp³-hybridized carbons (Fsp3) is 0.762. The molecule has 47 heavy (non-hydrogen) atoms. The van der Waals surface area contributed by atoms with Gasteiger partial charge in [0.1, 0.15) is 6.61 Å². The highest BCUT2D eigenvalue weighted by molar-refractivity contribution is 5.70. The van der Waals surface area contributed by atoms with E-state index in [0.717, 1.165) is 44.9 Å². The lowest BCUT2D eigenvalue weighted by Crippen LogP contribution is -2.28. The summed E-state index contributed by atoms with van der Waals surface area (Å²) in [5, 5.41) is 9.53. The minimum atomic E-state index is -0.790. The van der Waals surface area contributed by atoms with E-state index in [2.05, 4.69) is 62.5 Å². The smallest absolute Gasteiger partial charge is 0.306 e. The molecule has 0 spiro atoms. The van der Waals surface area contributed by atoms with Gasteiger partial charge in [-0.25, -0.2) is 0 Å². The lowest BCUT2D eigenvalue weighted by Gasteiger charge is -2.15. The zero-order valence-corrected chi connectivity index (χ0v) is 30.8. The third-order valence-electron chi connectivity index (χ3n) is 8.38. The van der Waals surface area contributed by atoms with E-state index < -0.39 is 6.10 Å². The molecule has 0 rings (SSSR count). The molecule has 0 saturated heterocycles. The third kappa shape index (κ3) is 36.5. The van der Waals surface area contributed by atoms with Gasteiger partial charge in [-0.2, -0.15) is 0 Å². The molecule has 0 fully saturated rings. The zero-order valence-electron chi connectivity index (χ0n) is 30.8. The highest BCUT2D eigenvalue weighted by Gasteiger charge is 2.16. The van der Waals surface area contributed by atoms with E-state index >= 15 is 0 Å². The van der Waals surface area contributed by atoms with Crippen molar-refractivity contribution in [2.45, 2.75) is 193 Å². The van der Waals surface area contributed by atoms with Gasteiger partial charge < -0.3 is 14.6 Å². The van der Waals surface area contributed by atoms with Crippen LogP contribution in [0.2, 0.25) is 0 Å². The summed E-state index contributed by atoms with van der Waals surface area (Å²) in [5.41, 5.74) is 0. The van der Waals surface area contributed by atoms with E-state index in [1.807, 2.05) is 0 Å². The molecule has 1 N–H and O–H groups in total. The summed E-state index contributed by atoms with van der Waals surface area (Å²) in [6, 6.07) is 0. The van der Waals surface area contributed by atoms with Crippen molar-refractivity contribution < 1.29 is 24.2 Å². The van der Waals surface area contributed by atoms with Crippen molar-refractivity contribution in [1.82, 2.24) is 0 Å². The largest absolute Gasteiger partial charge is 0.462 e. The Labute approximate surface area is 290 Å². The van der Waals surface area contributed by atoms with Crippen LogP contribution >= 0.6 is 0 Å². The lowest BCUT2D eigenvalue weighted by atomic mass is 10.0. The van der Waals surface area contributed by atoms with Gasteiger partial charge >= 0.3 is 11.9 Å². The Balaban J connectivity index is 3.66. The van der Waals surface area contributed by atoms with Crippen LogP contribution in [-0.2, 0) is 19.1 Å². The van der Waals surface area contributed by atoms with Gasteiger partial charge in [0.25, 0.3) is 0 Å². The average molecular weight is 659 g/mol. The van der Waals surface area contributed by atoms with E-state index in [0.29, 0.717) is 19.3 Å². The first-order valence-electron chi connectivity index (χ1n) is 19.7. The van der Waals surface area contributed by atoms with Crippen LogP contribution in [0.15, 0.2) is 48.6 Å². The molecule has 0 aliphatic heterocycles. The normalized spacial score (nSPS) is 12.7. The molecular formula is C42H74O5. The zero-order chi connectivity index (χ0) is 34.3. The first kappa shape index (κ1) is 44.9. The molecule has 0 bridgehead atoms. The fourth-order valence-electron chi connectivity index (χ4n) is 5.37. The SMILES string of the molecule is CCCCCCCCC/C=C/C/C=C/C/C=C/C/C=C/CCCC(=O)OC[C@H](CO)OC(=O)CCCCCCCCCCCCCC. The summed E-state index contributed by atoms with van der Waals surface area (Å²) >= 11 is 0. The first-order chi connectivity index (χ1) is 23.1. The second-order valence-electron chi connectivity index (χ2n) is 13.0. The predicted octanol–water partition coefficient (Wildman–Crippen LogP) is 12.2. The number of unbranched alkanes of at least 4 members (excludes halogenated alkanes) is 19. The number of carbonyl (C=O) groups excluding carboxylic acids is 2. The Kier molecular flexibility index (Phi) is 36.6. The summed E-state index contributed by atoms with van der Waals surface area (Å²) in [5.74, 6) is -0.655. The van der Waals surface area contributed by atoms with Crippen LogP contribution in [0.5, 0.6) is 0 Å². The molecule has 0 aromatic heterocycles. The third-order valence-corrected chi connectivity index (χ3v) is 8.38. The summed E-state index contributed by atoms with van der Waals surface area (Å²) in [6.45, 7) is 4.08. The maximum absolute atomic E-state index is 12.1. The second kappa shape index (κ2) is 38.3. The molecule has 5 heteroatoms. The van der Waals surface area contributed by atoms with Gasteiger partial charge in [-0.15, -0.1) is 0 Å². The lowest BCUT2D eigenvalue weighted by molar-refractivity contribution is -0.161. The highest BCUT2D eigenvalue weighted by atomic mass is 16.6. The molecule has 0 aliphatic rings. The van der Waals surface area contributed by atoms with Crippen LogP contribution in [0, 0.1) is 0 Å². The Bertz CT molecular complexity index is 797. The molecule has 5 nitrogen and oxygen atoms in total. The Morgan fingerprint density at radius 1 is 0.489 bits per heavy atom. The molecule has 0 aromatic carbocycles. The summed E-state index contributed by atoms with van der Waals surface area (Å²) < 4.78 is 10.5. The topological polar surface area (TPSA) is 72.8 Å². The maximum atomic E-state index is 12.1. The first-order valence-corrected chi connectivity index (χ1v) is 19.7. The number of rotatable bonds is 35. The monoisotopic (exact) mass is 659 g/mol. The Hall–Kier alpha value is -2.14. The van der Waals surface area contributed by atoms with Gasteiger partial charge in [-0.3, -0.25) is 9.59 Å². The number of hydrogen-bond donors (Lipinski definition) is 1. The fourth-order valence-corrected chi connectivity index (χ4v) is 5.37. The minimum absolute atomic E-state index is 0.0931. The van der Waals surface area contributed by atoms with Gasteiger partial charge in [0, 0.05) is 12.8 Å². The van der Waals surface area contributed by atoms with Crippen molar-refractivity contribution in [3.8, 4) is 0 Å². The van der Waals surface area contributed by atoms with Crippen LogP contribution in [0.25, 0.3) is 0 Å². The standard InChI is InChI=1S/C42H74O5/c1-3-5-7-9-11-13-15-17-18-19-20-21-22-23-24-25-27-28-30-32-34-36-41(44)46-39-40(38-43)47-42(45)37-35-33-31-29-26-16-14-12-10-8-6-4-2/h18-19,21-22,24-25,28,30,40,43H,3-17,20,23,26-27,29,31-39H2,1-2H3/b19-18+,22-21+,25-24+,30-28+/t40-/m0/s1. The van der Waals surface area contributed by atoms with E-state index in [4.69, 9.17) is 9.47 Å². The van der Waals surface area contributed by atoms with Crippen LogP contribution in [0.4, 0.5) is 0 Å². The Morgan fingerprint density at radius 3 is 1.34 bits per heavy atom. The van der Waals surface area contributed by atoms with E-state index in [1.165, 1.54) is 109 Å². The van der Waals surface area contributed by atoms with Crippen molar-refractivity contribution in [2.75, 3.05) is 13.2 Å². The van der Waals surface area contributed by atoms with Crippen molar-refractivity contribution in [3.05, 3.63) is 48.6 Å². The number of aliphatic hydroxyl groups excluding tert-OH is 1. The number of hydrogen-bond acceptors (Lipinski definition) is 5. The van der Waals surface area contributed by atoms with Crippen molar-refractivity contribution in [2.24, 2.45) is 0 Å². The Morgan fingerprint density at radius 2 is 0.872 bits per heavy atom. The molecule has 0 aliphatic carbocycles. The molecule has 1 atom stereocenters. The molecule has 0 amide bonds. The van der Waals surface area contributed by atoms with Crippen LogP contribution < -0.4 is 0 Å². The summed E-state index contributed by atoms with van der Waals surface area (Å²) in [6.07, 6.45) is 47.5. The predicted molar refractivity (Wildman–Crippen MR) is 200 cm³/mol. The summed E-state index contributed by atoms with van der Waals surface area (Å²) in [7, 11) is 0. The quantitative estimate of drug-likeness (QED) is 0.0417.